The first-order valence-electron chi connectivity index (χ1n) is 7.55. The van der Waals surface area contributed by atoms with Crippen LogP contribution in [0.3, 0.4) is 0 Å². The number of thiocarbonyl (C=S) groups is 1. The van der Waals surface area contributed by atoms with Crippen molar-refractivity contribution in [3.8, 4) is 5.75 Å². The van der Waals surface area contributed by atoms with Gasteiger partial charge < -0.3 is 9.15 Å². The number of benzene rings is 1. The van der Waals surface area contributed by atoms with Crippen molar-refractivity contribution in [1.82, 2.24) is 16.2 Å². The summed E-state index contributed by atoms with van der Waals surface area (Å²) in [6.07, 6.45) is 5.88. The van der Waals surface area contributed by atoms with E-state index in [4.69, 9.17) is 21.4 Å². The van der Waals surface area contributed by atoms with Crippen molar-refractivity contribution in [2.75, 3.05) is 6.61 Å². The van der Waals surface area contributed by atoms with Crippen molar-refractivity contribution >= 4 is 35.2 Å². The molecule has 0 atom stereocenters. The standard InChI is InChI=1S/C18H17N3O4S/c1-2-11-24-15-7-5-13(6-8-15)17(23)20-21-18(26)19-16(22)10-9-14-4-3-12-25-14/h2-10,12H,1,11H2,(H,20,23)(H2,19,21,22,26)/b10-9+. The molecule has 0 aliphatic heterocycles. The van der Waals surface area contributed by atoms with Gasteiger partial charge >= 0.3 is 0 Å². The third-order valence-corrected chi connectivity index (χ3v) is 3.16. The Morgan fingerprint density at radius 3 is 2.62 bits per heavy atom. The second kappa shape index (κ2) is 9.80. The molecule has 1 heterocycles. The molecule has 2 rings (SSSR count). The highest BCUT2D eigenvalue weighted by molar-refractivity contribution is 7.80. The SMILES string of the molecule is C=CCOc1ccc(C(=O)NNC(=S)NC(=O)/C=C/c2ccco2)cc1. The molecule has 0 aliphatic rings. The van der Waals surface area contributed by atoms with Crippen LogP contribution >= 0.6 is 12.2 Å². The molecular formula is C18H17N3O4S. The Morgan fingerprint density at radius 2 is 1.96 bits per heavy atom. The van der Waals surface area contributed by atoms with Gasteiger partial charge in [0.15, 0.2) is 5.11 Å². The van der Waals surface area contributed by atoms with E-state index in [0.29, 0.717) is 23.7 Å². The van der Waals surface area contributed by atoms with Gasteiger partial charge in [-0.25, -0.2) is 0 Å². The Morgan fingerprint density at radius 1 is 1.19 bits per heavy atom. The molecule has 2 aromatic rings. The first-order chi connectivity index (χ1) is 12.6. The van der Waals surface area contributed by atoms with E-state index in [-0.39, 0.29) is 5.11 Å². The monoisotopic (exact) mass is 371 g/mol. The molecule has 0 bridgehead atoms. The molecule has 7 nitrogen and oxygen atoms in total. The Hall–Kier alpha value is -3.39. The number of hydrogen-bond donors (Lipinski definition) is 3. The van der Waals surface area contributed by atoms with Crippen molar-refractivity contribution in [1.29, 1.82) is 0 Å². The van der Waals surface area contributed by atoms with E-state index >= 15 is 0 Å². The van der Waals surface area contributed by atoms with E-state index < -0.39 is 11.8 Å². The van der Waals surface area contributed by atoms with Gasteiger partial charge in [0.25, 0.3) is 5.91 Å². The number of ether oxygens (including phenoxy) is 1. The molecule has 0 radical (unpaired) electrons. The molecule has 0 aliphatic carbocycles. The maximum Gasteiger partial charge on any atom is 0.269 e. The summed E-state index contributed by atoms with van der Waals surface area (Å²) in [5.41, 5.74) is 5.24. The lowest BCUT2D eigenvalue weighted by molar-refractivity contribution is -0.115. The van der Waals surface area contributed by atoms with Gasteiger partial charge in [0.1, 0.15) is 18.1 Å². The summed E-state index contributed by atoms with van der Waals surface area (Å²) in [6.45, 7) is 3.94. The molecule has 134 valence electrons. The fourth-order valence-electron chi connectivity index (χ4n) is 1.77. The third kappa shape index (κ3) is 6.25. The predicted octanol–water partition coefficient (Wildman–Crippen LogP) is 2.19. The topological polar surface area (TPSA) is 92.6 Å². The lowest BCUT2D eigenvalue weighted by atomic mass is 10.2. The Kier molecular flexibility index (Phi) is 7.14. The van der Waals surface area contributed by atoms with E-state index in [1.807, 2.05) is 0 Å². The van der Waals surface area contributed by atoms with Gasteiger partial charge in [0.2, 0.25) is 5.91 Å². The number of nitrogens with one attached hydrogen (secondary N) is 3. The largest absolute Gasteiger partial charge is 0.490 e. The predicted molar refractivity (Wildman–Crippen MR) is 101 cm³/mol. The van der Waals surface area contributed by atoms with Gasteiger partial charge in [0, 0.05) is 11.6 Å². The number of carbonyl (C=O) groups excluding carboxylic acids is 2. The van der Waals surface area contributed by atoms with Crippen LogP contribution in [0, 0.1) is 0 Å². The molecule has 0 saturated carbocycles. The van der Waals surface area contributed by atoms with Crippen LogP contribution in [0.5, 0.6) is 5.75 Å². The molecule has 1 aromatic heterocycles. The maximum atomic E-state index is 12.0. The zero-order valence-electron chi connectivity index (χ0n) is 13.7. The van der Waals surface area contributed by atoms with Crippen LogP contribution in [0.1, 0.15) is 16.1 Å². The lowest BCUT2D eigenvalue weighted by Gasteiger charge is -2.10. The Balaban J connectivity index is 1.76. The highest BCUT2D eigenvalue weighted by Crippen LogP contribution is 2.11. The number of hydrogen-bond acceptors (Lipinski definition) is 5. The van der Waals surface area contributed by atoms with Crippen LogP contribution in [0.25, 0.3) is 6.08 Å². The molecule has 1 aromatic carbocycles. The number of hydrazine groups is 1. The minimum Gasteiger partial charge on any atom is -0.490 e. The molecular weight excluding hydrogens is 354 g/mol. The zero-order chi connectivity index (χ0) is 18.8. The first kappa shape index (κ1) is 18.9. The number of furan rings is 1. The van der Waals surface area contributed by atoms with Gasteiger partial charge in [-0.05, 0) is 54.7 Å². The van der Waals surface area contributed by atoms with Crippen molar-refractivity contribution in [3.63, 3.8) is 0 Å². The van der Waals surface area contributed by atoms with E-state index in [1.54, 1.807) is 42.5 Å². The van der Waals surface area contributed by atoms with Gasteiger partial charge in [-0.2, -0.15) is 0 Å². The van der Waals surface area contributed by atoms with E-state index in [0.717, 1.165) is 0 Å². The minimum absolute atomic E-state index is 0.0432. The Bertz CT molecular complexity index is 798. The summed E-state index contributed by atoms with van der Waals surface area (Å²) >= 11 is 4.94. The molecule has 0 fully saturated rings. The third-order valence-electron chi connectivity index (χ3n) is 2.95. The van der Waals surface area contributed by atoms with Crippen molar-refractivity contribution in [3.05, 3.63) is 72.7 Å². The highest BCUT2D eigenvalue weighted by Gasteiger charge is 2.07. The fourth-order valence-corrected chi connectivity index (χ4v) is 1.92. The molecule has 0 spiro atoms. The second-order valence-electron chi connectivity index (χ2n) is 4.87. The van der Waals surface area contributed by atoms with Crippen LogP contribution in [0.15, 0.2) is 65.8 Å². The zero-order valence-corrected chi connectivity index (χ0v) is 14.5. The van der Waals surface area contributed by atoms with Crippen molar-refractivity contribution in [2.24, 2.45) is 0 Å². The summed E-state index contributed by atoms with van der Waals surface area (Å²) in [6, 6.07) is 9.94. The van der Waals surface area contributed by atoms with Crippen LogP contribution < -0.4 is 20.9 Å². The summed E-state index contributed by atoms with van der Waals surface area (Å²) < 4.78 is 10.4. The number of carbonyl (C=O) groups is 2. The van der Waals surface area contributed by atoms with Crippen LogP contribution in [-0.4, -0.2) is 23.5 Å². The number of rotatable bonds is 6. The van der Waals surface area contributed by atoms with Crippen LogP contribution in [0.2, 0.25) is 0 Å². The summed E-state index contributed by atoms with van der Waals surface area (Å²) in [5, 5.41) is 2.35. The summed E-state index contributed by atoms with van der Waals surface area (Å²) in [7, 11) is 0. The van der Waals surface area contributed by atoms with E-state index in [1.165, 1.54) is 18.4 Å². The number of amides is 2. The first-order valence-corrected chi connectivity index (χ1v) is 7.96. The van der Waals surface area contributed by atoms with Gasteiger partial charge in [-0.3, -0.25) is 25.8 Å². The summed E-state index contributed by atoms with van der Waals surface area (Å²) in [4.78, 5) is 23.7. The van der Waals surface area contributed by atoms with E-state index in [9.17, 15) is 9.59 Å². The fraction of sp³-hybridized carbons (Fsp3) is 0.0556. The van der Waals surface area contributed by atoms with E-state index in [2.05, 4.69) is 22.7 Å². The average molecular weight is 371 g/mol. The van der Waals surface area contributed by atoms with Crippen LogP contribution in [0.4, 0.5) is 0 Å². The lowest BCUT2D eigenvalue weighted by Crippen LogP contribution is -2.48. The summed E-state index contributed by atoms with van der Waals surface area (Å²) in [5.74, 6) is 0.285. The Labute approximate surface area is 155 Å². The molecule has 3 N–H and O–H groups in total. The molecule has 0 saturated heterocycles. The highest BCUT2D eigenvalue weighted by atomic mass is 32.1. The molecule has 8 heteroatoms. The van der Waals surface area contributed by atoms with Gasteiger partial charge in [0.05, 0.1) is 6.26 Å². The van der Waals surface area contributed by atoms with Crippen molar-refractivity contribution < 1.29 is 18.7 Å². The molecule has 0 unspecified atom stereocenters. The maximum absolute atomic E-state index is 12.0. The van der Waals surface area contributed by atoms with Gasteiger partial charge in [-0.1, -0.05) is 12.7 Å². The molecule has 26 heavy (non-hydrogen) atoms. The molecule has 2 amide bonds. The van der Waals surface area contributed by atoms with Crippen LogP contribution in [-0.2, 0) is 4.79 Å². The normalized spacial score (nSPS) is 10.2. The second-order valence-corrected chi connectivity index (χ2v) is 5.28. The smallest absolute Gasteiger partial charge is 0.269 e. The average Bonchev–Trinajstić information content (AvgIpc) is 3.17. The quantitative estimate of drug-likeness (QED) is 0.312. The minimum atomic E-state index is -0.461. The van der Waals surface area contributed by atoms with Gasteiger partial charge in [-0.15, -0.1) is 0 Å². The van der Waals surface area contributed by atoms with Crippen molar-refractivity contribution in [2.45, 2.75) is 0 Å².